The van der Waals surface area contributed by atoms with E-state index in [0.29, 0.717) is 15.9 Å². The highest BCUT2D eigenvalue weighted by Crippen LogP contribution is 2.22. The highest BCUT2D eigenvalue weighted by atomic mass is 79.9. The zero-order chi connectivity index (χ0) is 11.5. The van der Waals surface area contributed by atoms with Gasteiger partial charge in [-0.05, 0) is 24.6 Å². The Morgan fingerprint density at radius 1 is 1.44 bits per heavy atom. The second-order valence-corrected chi connectivity index (χ2v) is 4.40. The van der Waals surface area contributed by atoms with Crippen LogP contribution in [0.2, 0.25) is 0 Å². The van der Waals surface area contributed by atoms with Crippen LogP contribution < -0.4 is 0 Å². The molecule has 1 heterocycles. The van der Waals surface area contributed by atoms with Crippen molar-refractivity contribution in [2.45, 2.75) is 19.8 Å². The molecular weight excluding hydrogens is 273 g/mol. The van der Waals surface area contributed by atoms with Gasteiger partial charge in [0.1, 0.15) is 11.6 Å². The standard InChI is InChI=1S/C11H11BrFN3/c1-2-3-10-14-11(16-15-10)8-5-4-7(12)6-9(8)13/h4-6H,2-3H2,1H3,(H,14,15,16). The molecule has 0 bridgehead atoms. The van der Waals surface area contributed by atoms with Gasteiger partial charge in [0.25, 0.3) is 0 Å². The Balaban J connectivity index is 2.35. The van der Waals surface area contributed by atoms with Crippen LogP contribution in [0.15, 0.2) is 22.7 Å². The molecule has 2 aromatic rings. The van der Waals surface area contributed by atoms with Crippen molar-refractivity contribution in [3.63, 3.8) is 0 Å². The zero-order valence-electron chi connectivity index (χ0n) is 8.80. The molecule has 84 valence electrons. The molecule has 5 heteroatoms. The van der Waals surface area contributed by atoms with Crippen LogP contribution >= 0.6 is 15.9 Å². The predicted molar refractivity (Wildman–Crippen MR) is 63.5 cm³/mol. The molecule has 1 aromatic heterocycles. The van der Waals surface area contributed by atoms with Crippen molar-refractivity contribution in [2.75, 3.05) is 0 Å². The fourth-order valence-corrected chi connectivity index (χ4v) is 1.77. The minimum atomic E-state index is -0.323. The van der Waals surface area contributed by atoms with Gasteiger partial charge < -0.3 is 0 Å². The molecule has 0 unspecified atom stereocenters. The average Bonchev–Trinajstić information content (AvgIpc) is 2.67. The number of hydrogen-bond donors (Lipinski definition) is 1. The second kappa shape index (κ2) is 4.74. The number of nitrogens with zero attached hydrogens (tertiary/aromatic N) is 2. The lowest BCUT2D eigenvalue weighted by molar-refractivity contribution is 0.629. The first kappa shape index (κ1) is 11.3. The zero-order valence-corrected chi connectivity index (χ0v) is 10.4. The van der Waals surface area contributed by atoms with Gasteiger partial charge in [-0.3, -0.25) is 5.10 Å². The lowest BCUT2D eigenvalue weighted by Gasteiger charge is -1.97. The Morgan fingerprint density at radius 2 is 2.25 bits per heavy atom. The lowest BCUT2D eigenvalue weighted by atomic mass is 10.2. The first-order chi connectivity index (χ1) is 7.70. The van der Waals surface area contributed by atoms with Gasteiger partial charge in [-0.15, -0.1) is 0 Å². The third-order valence-electron chi connectivity index (χ3n) is 2.19. The van der Waals surface area contributed by atoms with Gasteiger partial charge in [-0.25, -0.2) is 9.37 Å². The van der Waals surface area contributed by atoms with E-state index in [1.54, 1.807) is 12.1 Å². The number of rotatable bonds is 3. The Hall–Kier alpha value is -1.23. The highest BCUT2D eigenvalue weighted by molar-refractivity contribution is 9.10. The van der Waals surface area contributed by atoms with Crippen LogP contribution in [0.1, 0.15) is 19.2 Å². The molecule has 16 heavy (non-hydrogen) atoms. The minimum Gasteiger partial charge on any atom is -0.263 e. The molecule has 1 N–H and O–H groups in total. The summed E-state index contributed by atoms with van der Waals surface area (Å²) in [5.74, 6) is 0.879. The Labute approximate surface area is 101 Å². The number of H-pyrrole nitrogens is 1. The third-order valence-corrected chi connectivity index (χ3v) is 2.68. The largest absolute Gasteiger partial charge is 0.263 e. The molecule has 0 aliphatic heterocycles. The van der Waals surface area contributed by atoms with E-state index in [1.807, 2.05) is 0 Å². The number of benzene rings is 1. The van der Waals surface area contributed by atoms with E-state index < -0.39 is 0 Å². The Kier molecular flexibility index (Phi) is 3.33. The molecule has 0 radical (unpaired) electrons. The van der Waals surface area contributed by atoms with E-state index in [-0.39, 0.29) is 5.82 Å². The Morgan fingerprint density at radius 3 is 2.94 bits per heavy atom. The van der Waals surface area contributed by atoms with Crippen molar-refractivity contribution >= 4 is 15.9 Å². The quantitative estimate of drug-likeness (QED) is 0.939. The number of aromatic nitrogens is 3. The van der Waals surface area contributed by atoms with Gasteiger partial charge in [0.2, 0.25) is 0 Å². The smallest absolute Gasteiger partial charge is 0.184 e. The maximum atomic E-state index is 13.6. The van der Waals surface area contributed by atoms with Crippen molar-refractivity contribution < 1.29 is 4.39 Å². The molecule has 0 fully saturated rings. The predicted octanol–water partition coefficient (Wildman–Crippen LogP) is 3.33. The SMILES string of the molecule is CCCc1nc(-c2ccc(Br)cc2F)n[nH]1. The van der Waals surface area contributed by atoms with Crippen molar-refractivity contribution in [3.8, 4) is 11.4 Å². The summed E-state index contributed by atoms with van der Waals surface area (Å²) in [6.07, 6.45) is 1.81. The summed E-state index contributed by atoms with van der Waals surface area (Å²) in [6, 6.07) is 4.85. The minimum absolute atomic E-state index is 0.323. The van der Waals surface area contributed by atoms with E-state index in [2.05, 4.69) is 38.0 Å². The topological polar surface area (TPSA) is 41.6 Å². The second-order valence-electron chi connectivity index (χ2n) is 3.48. The monoisotopic (exact) mass is 283 g/mol. The van der Waals surface area contributed by atoms with Crippen molar-refractivity contribution in [1.82, 2.24) is 15.2 Å². The molecule has 0 saturated carbocycles. The summed E-state index contributed by atoms with van der Waals surface area (Å²) in [5, 5.41) is 6.81. The third kappa shape index (κ3) is 2.29. The van der Waals surface area contributed by atoms with Crippen molar-refractivity contribution in [1.29, 1.82) is 0 Å². The number of aryl methyl sites for hydroxylation is 1. The van der Waals surface area contributed by atoms with E-state index in [1.165, 1.54) is 6.07 Å². The first-order valence-corrected chi connectivity index (χ1v) is 5.86. The van der Waals surface area contributed by atoms with Crippen LogP contribution in [-0.2, 0) is 6.42 Å². The van der Waals surface area contributed by atoms with Gasteiger partial charge in [-0.1, -0.05) is 22.9 Å². The van der Waals surface area contributed by atoms with Gasteiger partial charge in [0, 0.05) is 10.9 Å². The summed E-state index contributed by atoms with van der Waals surface area (Å²) in [7, 11) is 0. The van der Waals surface area contributed by atoms with Crippen LogP contribution in [0.3, 0.4) is 0 Å². The van der Waals surface area contributed by atoms with Crippen molar-refractivity contribution in [3.05, 3.63) is 34.3 Å². The summed E-state index contributed by atoms with van der Waals surface area (Å²) < 4.78 is 14.3. The normalized spacial score (nSPS) is 10.7. The molecule has 0 saturated heterocycles. The summed E-state index contributed by atoms with van der Waals surface area (Å²) >= 11 is 3.21. The van der Waals surface area contributed by atoms with Gasteiger partial charge in [0.15, 0.2) is 5.82 Å². The Bertz CT molecular complexity index is 496. The molecular formula is C11H11BrFN3. The van der Waals surface area contributed by atoms with E-state index >= 15 is 0 Å². The van der Waals surface area contributed by atoms with E-state index in [4.69, 9.17) is 0 Å². The summed E-state index contributed by atoms with van der Waals surface area (Å²) in [6.45, 7) is 2.06. The molecule has 0 spiro atoms. The average molecular weight is 284 g/mol. The molecule has 0 aliphatic rings. The molecule has 0 amide bonds. The van der Waals surface area contributed by atoms with Crippen LogP contribution in [-0.4, -0.2) is 15.2 Å². The number of aromatic amines is 1. The van der Waals surface area contributed by atoms with Gasteiger partial charge in [0.05, 0.1) is 5.56 Å². The van der Waals surface area contributed by atoms with Crippen LogP contribution in [0.5, 0.6) is 0 Å². The fourth-order valence-electron chi connectivity index (χ4n) is 1.44. The number of halogens is 2. The van der Waals surface area contributed by atoms with Crippen LogP contribution in [0.4, 0.5) is 4.39 Å². The van der Waals surface area contributed by atoms with E-state index in [9.17, 15) is 4.39 Å². The van der Waals surface area contributed by atoms with Crippen LogP contribution in [0, 0.1) is 5.82 Å². The summed E-state index contributed by atoms with van der Waals surface area (Å²) in [4.78, 5) is 4.24. The molecule has 1 aromatic carbocycles. The maximum absolute atomic E-state index is 13.6. The summed E-state index contributed by atoms with van der Waals surface area (Å²) in [5.41, 5.74) is 0.418. The molecule has 0 atom stereocenters. The number of hydrogen-bond acceptors (Lipinski definition) is 2. The first-order valence-electron chi connectivity index (χ1n) is 5.07. The maximum Gasteiger partial charge on any atom is 0.184 e. The van der Waals surface area contributed by atoms with Gasteiger partial charge in [-0.2, -0.15) is 5.10 Å². The molecule has 3 nitrogen and oxygen atoms in total. The number of nitrogens with one attached hydrogen (secondary N) is 1. The fraction of sp³-hybridized carbons (Fsp3) is 0.273. The van der Waals surface area contributed by atoms with Crippen molar-refractivity contribution in [2.24, 2.45) is 0 Å². The highest BCUT2D eigenvalue weighted by Gasteiger charge is 2.10. The molecule has 0 aliphatic carbocycles. The van der Waals surface area contributed by atoms with E-state index in [0.717, 1.165) is 18.7 Å². The van der Waals surface area contributed by atoms with Gasteiger partial charge >= 0.3 is 0 Å². The van der Waals surface area contributed by atoms with Crippen LogP contribution in [0.25, 0.3) is 11.4 Å². The molecule has 2 rings (SSSR count). The lowest BCUT2D eigenvalue weighted by Crippen LogP contribution is -1.87.